The Morgan fingerprint density at radius 1 is 1.03 bits per heavy atom. The Morgan fingerprint density at radius 3 is 2.82 bits per heavy atom. The van der Waals surface area contributed by atoms with Crippen LogP contribution >= 0.6 is 0 Å². The number of aromatic amines is 2. The van der Waals surface area contributed by atoms with Gasteiger partial charge in [-0.1, -0.05) is 0 Å². The van der Waals surface area contributed by atoms with Crippen LogP contribution in [0.2, 0.25) is 0 Å². The van der Waals surface area contributed by atoms with E-state index in [1.54, 1.807) is 31.1 Å². The Kier molecular flexibility index (Phi) is 3.99. The molecule has 0 unspecified atom stereocenters. The summed E-state index contributed by atoms with van der Waals surface area (Å²) in [5.41, 5.74) is 12.6. The molecule has 1 aliphatic rings. The van der Waals surface area contributed by atoms with Crippen molar-refractivity contribution in [1.29, 1.82) is 0 Å². The lowest BCUT2D eigenvalue weighted by Crippen LogP contribution is -2.56. The zero-order chi connectivity index (χ0) is 22.6. The molecule has 1 aliphatic heterocycles. The predicted octanol–water partition coefficient (Wildman–Crippen LogP) is 2.76. The number of nitrogens with one attached hydrogen (secondary N) is 2. The van der Waals surface area contributed by atoms with Crippen molar-refractivity contribution in [2.75, 3.05) is 18.0 Å². The number of anilines is 1. The summed E-state index contributed by atoms with van der Waals surface area (Å²) < 4.78 is 5.25. The summed E-state index contributed by atoms with van der Waals surface area (Å²) >= 11 is 0. The number of fused-ring (bicyclic) bond motifs is 2. The van der Waals surface area contributed by atoms with Gasteiger partial charge >= 0.3 is 0 Å². The third-order valence-electron chi connectivity index (χ3n) is 5.97. The van der Waals surface area contributed by atoms with Gasteiger partial charge in [-0.3, -0.25) is 10.1 Å². The summed E-state index contributed by atoms with van der Waals surface area (Å²) in [5.74, 6) is 1.37. The minimum atomic E-state index is 0.181. The number of nitrogens with zero attached hydrogens (tertiary/aromatic N) is 7. The SMILES string of the molecule is NC1CN(c2cncc(-c3ccc4[nH]nc(-c5nc6nccc(-c7ccoc7)c6[nH]5)c4n3)n2)C1. The van der Waals surface area contributed by atoms with E-state index in [0.29, 0.717) is 34.1 Å². The Bertz CT molecular complexity index is 1650. The number of nitrogens with two attached hydrogens (primary N) is 1. The second-order valence-corrected chi connectivity index (χ2v) is 8.25. The molecule has 11 heteroatoms. The Morgan fingerprint density at radius 2 is 1.97 bits per heavy atom. The molecule has 1 fully saturated rings. The highest BCUT2D eigenvalue weighted by molar-refractivity contribution is 5.94. The quantitative estimate of drug-likeness (QED) is 0.368. The highest BCUT2D eigenvalue weighted by Gasteiger charge is 2.25. The van der Waals surface area contributed by atoms with Crippen LogP contribution in [0.4, 0.5) is 5.82 Å². The van der Waals surface area contributed by atoms with Gasteiger partial charge in [-0.2, -0.15) is 5.10 Å². The third kappa shape index (κ3) is 2.94. The van der Waals surface area contributed by atoms with Crippen LogP contribution in [0.1, 0.15) is 0 Å². The molecule has 7 rings (SSSR count). The van der Waals surface area contributed by atoms with Crippen LogP contribution < -0.4 is 10.6 Å². The zero-order valence-electron chi connectivity index (χ0n) is 17.8. The lowest BCUT2D eigenvalue weighted by Gasteiger charge is -2.37. The normalized spacial score (nSPS) is 14.2. The first-order valence-corrected chi connectivity index (χ1v) is 10.8. The van der Waals surface area contributed by atoms with Crippen molar-refractivity contribution in [2.24, 2.45) is 5.73 Å². The largest absolute Gasteiger partial charge is 0.472 e. The van der Waals surface area contributed by atoms with Gasteiger partial charge in [0.25, 0.3) is 0 Å². The maximum Gasteiger partial charge on any atom is 0.178 e. The van der Waals surface area contributed by atoms with Crippen molar-refractivity contribution in [1.82, 2.24) is 40.1 Å². The molecule has 6 aromatic rings. The van der Waals surface area contributed by atoms with Crippen LogP contribution in [0.25, 0.3) is 56.2 Å². The van der Waals surface area contributed by atoms with Gasteiger partial charge in [0, 0.05) is 36.5 Å². The standard InChI is InChI=1S/C23H18N10O/c24-13-9-33(10-13)18-8-25-7-17(27-18)15-1-2-16-20(28-15)21(32-31-16)23-29-19-14(12-4-6-34-11-12)3-5-26-22(19)30-23/h1-8,11,13H,9-10,24H2,(H,31,32)(H,26,29,30). The fraction of sp³-hybridized carbons (Fsp3) is 0.130. The van der Waals surface area contributed by atoms with Gasteiger partial charge in [-0.05, 0) is 24.3 Å². The van der Waals surface area contributed by atoms with E-state index in [1.807, 2.05) is 24.3 Å². The first-order valence-electron chi connectivity index (χ1n) is 10.8. The number of hydrogen-bond donors (Lipinski definition) is 3. The minimum absolute atomic E-state index is 0.181. The molecule has 0 aliphatic carbocycles. The van der Waals surface area contributed by atoms with Gasteiger partial charge in [0.1, 0.15) is 17.0 Å². The van der Waals surface area contributed by atoms with Crippen LogP contribution in [0.3, 0.4) is 0 Å². The second-order valence-electron chi connectivity index (χ2n) is 8.25. The first-order chi connectivity index (χ1) is 16.7. The van der Waals surface area contributed by atoms with Crippen molar-refractivity contribution < 1.29 is 4.42 Å². The molecule has 0 saturated carbocycles. The van der Waals surface area contributed by atoms with Crippen molar-refractivity contribution in [3.05, 3.63) is 55.4 Å². The molecule has 4 N–H and O–H groups in total. The summed E-state index contributed by atoms with van der Waals surface area (Å²) in [5, 5.41) is 7.52. The van der Waals surface area contributed by atoms with E-state index in [2.05, 4.69) is 35.0 Å². The summed E-state index contributed by atoms with van der Waals surface area (Å²) in [6.45, 7) is 1.55. The van der Waals surface area contributed by atoms with Gasteiger partial charge in [0.05, 0.1) is 41.6 Å². The predicted molar refractivity (Wildman–Crippen MR) is 126 cm³/mol. The molecule has 0 bridgehead atoms. The molecule has 0 atom stereocenters. The first kappa shape index (κ1) is 18.9. The summed E-state index contributed by atoms with van der Waals surface area (Å²) in [6, 6.07) is 7.83. The number of rotatable bonds is 4. The van der Waals surface area contributed by atoms with Gasteiger partial charge in [-0.25, -0.2) is 19.9 Å². The number of aromatic nitrogens is 8. The van der Waals surface area contributed by atoms with E-state index in [4.69, 9.17) is 20.1 Å². The minimum Gasteiger partial charge on any atom is -0.472 e. The summed E-state index contributed by atoms with van der Waals surface area (Å²) in [7, 11) is 0. The molecule has 0 amide bonds. The number of imidazole rings is 1. The highest BCUT2D eigenvalue weighted by Crippen LogP contribution is 2.31. The molecule has 1 saturated heterocycles. The van der Waals surface area contributed by atoms with Crippen LogP contribution in [0.5, 0.6) is 0 Å². The third-order valence-corrected chi connectivity index (χ3v) is 5.97. The zero-order valence-corrected chi connectivity index (χ0v) is 17.8. The molecule has 11 nitrogen and oxygen atoms in total. The van der Waals surface area contributed by atoms with Crippen LogP contribution in [0, 0.1) is 0 Å². The van der Waals surface area contributed by atoms with E-state index in [-0.39, 0.29) is 6.04 Å². The van der Waals surface area contributed by atoms with Crippen LogP contribution in [-0.4, -0.2) is 59.2 Å². The highest BCUT2D eigenvalue weighted by atomic mass is 16.3. The average molecular weight is 450 g/mol. The van der Waals surface area contributed by atoms with E-state index >= 15 is 0 Å². The second kappa shape index (κ2) is 7.18. The van der Waals surface area contributed by atoms with Gasteiger partial charge in [-0.15, -0.1) is 0 Å². The summed E-state index contributed by atoms with van der Waals surface area (Å²) in [4.78, 5) is 28.5. The van der Waals surface area contributed by atoms with Crippen LogP contribution in [0.15, 0.2) is 59.8 Å². The van der Waals surface area contributed by atoms with Gasteiger partial charge in [0.15, 0.2) is 17.2 Å². The molecule has 166 valence electrons. The lowest BCUT2D eigenvalue weighted by molar-refractivity contribution is 0.514. The van der Waals surface area contributed by atoms with Gasteiger partial charge < -0.3 is 20.0 Å². The Labute approximate surface area is 192 Å². The lowest BCUT2D eigenvalue weighted by atomic mass is 10.1. The van der Waals surface area contributed by atoms with E-state index in [9.17, 15) is 0 Å². The molecule has 0 aromatic carbocycles. The molecule has 0 radical (unpaired) electrons. The Hall–Kier alpha value is -4.64. The van der Waals surface area contributed by atoms with Gasteiger partial charge in [0.2, 0.25) is 0 Å². The molecule has 34 heavy (non-hydrogen) atoms. The molecular weight excluding hydrogens is 432 g/mol. The van der Waals surface area contributed by atoms with E-state index < -0.39 is 0 Å². The van der Waals surface area contributed by atoms with Crippen LogP contribution in [-0.2, 0) is 0 Å². The fourth-order valence-corrected chi connectivity index (χ4v) is 4.22. The fourth-order valence-electron chi connectivity index (χ4n) is 4.22. The summed E-state index contributed by atoms with van der Waals surface area (Å²) in [6.07, 6.45) is 8.51. The van der Waals surface area contributed by atoms with Crippen molar-refractivity contribution in [3.63, 3.8) is 0 Å². The average Bonchev–Trinajstić information content (AvgIpc) is 3.60. The smallest absolute Gasteiger partial charge is 0.178 e. The molecule has 7 heterocycles. The number of hydrogen-bond acceptors (Lipinski definition) is 9. The van der Waals surface area contributed by atoms with Crippen molar-refractivity contribution in [2.45, 2.75) is 6.04 Å². The monoisotopic (exact) mass is 450 g/mol. The number of furan rings is 1. The molecular formula is C23H18N10O. The topological polar surface area (TPSA) is 151 Å². The van der Waals surface area contributed by atoms with Crippen molar-refractivity contribution in [3.8, 4) is 34.0 Å². The Balaban J connectivity index is 1.31. The maximum atomic E-state index is 5.91. The molecule has 0 spiro atoms. The number of H-pyrrole nitrogens is 2. The van der Waals surface area contributed by atoms with E-state index in [0.717, 1.165) is 41.1 Å². The molecule has 6 aromatic heterocycles. The maximum absolute atomic E-state index is 5.91. The van der Waals surface area contributed by atoms with E-state index in [1.165, 1.54) is 0 Å². The van der Waals surface area contributed by atoms with Crippen molar-refractivity contribution >= 4 is 28.0 Å². The number of pyridine rings is 2.